The predicted octanol–water partition coefficient (Wildman–Crippen LogP) is 3.13. The summed E-state index contributed by atoms with van der Waals surface area (Å²) in [5.74, 6) is -0.932. The molecule has 1 unspecified atom stereocenters. The van der Waals surface area contributed by atoms with Crippen LogP contribution >= 0.6 is 0 Å². The molecule has 0 saturated carbocycles. The lowest BCUT2D eigenvalue weighted by atomic mass is 10.0. The van der Waals surface area contributed by atoms with Crippen LogP contribution in [0.3, 0.4) is 0 Å². The van der Waals surface area contributed by atoms with Gasteiger partial charge in [0.2, 0.25) is 0 Å². The summed E-state index contributed by atoms with van der Waals surface area (Å²) < 4.78 is 0. The average molecular weight is 290 g/mol. The third kappa shape index (κ3) is 2.05. The third-order valence-corrected chi connectivity index (χ3v) is 4.12. The number of pyridine rings is 1. The number of carboxylic acids is 1. The third-order valence-electron chi connectivity index (χ3n) is 4.12. The second-order valence-electron chi connectivity index (χ2n) is 5.46. The van der Waals surface area contributed by atoms with Gasteiger partial charge in [0.05, 0.1) is 22.8 Å². The van der Waals surface area contributed by atoms with E-state index in [1.165, 1.54) is 11.1 Å². The molecule has 22 heavy (non-hydrogen) atoms. The van der Waals surface area contributed by atoms with Crippen LogP contribution in [0.2, 0.25) is 0 Å². The summed E-state index contributed by atoms with van der Waals surface area (Å²) in [6, 6.07) is 17.4. The van der Waals surface area contributed by atoms with Crippen molar-refractivity contribution in [3.05, 3.63) is 77.0 Å². The Bertz CT molecular complexity index is 889. The highest BCUT2D eigenvalue weighted by Gasteiger charge is 2.23. The molecular formula is C18H14N2O2. The van der Waals surface area contributed by atoms with Crippen molar-refractivity contribution < 1.29 is 9.90 Å². The van der Waals surface area contributed by atoms with E-state index in [-0.39, 0.29) is 11.6 Å². The van der Waals surface area contributed by atoms with Crippen molar-refractivity contribution >= 4 is 16.9 Å². The fourth-order valence-electron chi connectivity index (χ4n) is 2.99. The van der Waals surface area contributed by atoms with Crippen LogP contribution in [0.15, 0.2) is 54.6 Å². The van der Waals surface area contributed by atoms with Gasteiger partial charge in [-0.3, -0.25) is 4.98 Å². The molecule has 0 aliphatic carbocycles. The van der Waals surface area contributed by atoms with Gasteiger partial charge in [-0.1, -0.05) is 36.4 Å². The fourth-order valence-corrected chi connectivity index (χ4v) is 2.99. The zero-order valence-electron chi connectivity index (χ0n) is 11.8. The van der Waals surface area contributed by atoms with E-state index in [1.807, 2.05) is 24.3 Å². The van der Waals surface area contributed by atoms with E-state index in [0.717, 1.165) is 17.6 Å². The van der Waals surface area contributed by atoms with Crippen LogP contribution in [-0.4, -0.2) is 16.1 Å². The van der Waals surface area contributed by atoms with E-state index < -0.39 is 5.97 Å². The topological polar surface area (TPSA) is 62.2 Å². The van der Waals surface area contributed by atoms with Gasteiger partial charge < -0.3 is 10.4 Å². The number of nitrogens with one attached hydrogen (secondary N) is 1. The van der Waals surface area contributed by atoms with Gasteiger partial charge in [-0.2, -0.15) is 0 Å². The van der Waals surface area contributed by atoms with Crippen molar-refractivity contribution in [2.75, 3.05) is 0 Å². The van der Waals surface area contributed by atoms with E-state index in [9.17, 15) is 4.79 Å². The summed E-state index contributed by atoms with van der Waals surface area (Å²) in [6.45, 7) is 0.829. The zero-order valence-corrected chi connectivity index (χ0v) is 11.8. The minimum Gasteiger partial charge on any atom is -0.478 e. The SMILES string of the molecule is O=C(O)c1ccc2ccc(C3NCc4ccccc43)nc2c1. The molecule has 2 heterocycles. The molecule has 0 fully saturated rings. The number of hydrogen-bond donors (Lipinski definition) is 2. The van der Waals surface area contributed by atoms with Gasteiger partial charge in [0, 0.05) is 11.9 Å². The summed E-state index contributed by atoms with van der Waals surface area (Å²) in [5, 5.41) is 13.5. The summed E-state index contributed by atoms with van der Waals surface area (Å²) in [5.41, 5.74) is 4.41. The minimum absolute atomic E-state index is 0.0640. The number of carbonyl (C=O) groups is 1. The molecule has 0 spiro atoms. The number of benzene rings is 2. The summed E-state index contributed by atoms with van der Waals surface area (Å²) in [6.07, 6.45) is 0. The molecule has 2 N–H and O–H groups in total. The molecule has 1 aromatic heterocycles. The van der Waals surface area contributed by atoms with Crippen molar-refractivity contribution in [1.29, 1.82) is 0 Å². The standard InChI is InChI=1S/C18H14N2O2/c21-18(22)12-6-5-11-7-8-15(20-16(11)9-12)17-14-4-2-1-3-13(14)10-19-17/h1-9,17,19H,10H2,(H,21,22). The normalized spacial score (nSPS) is 16.6. The largest absolute Gasteiger partial charge is 0.478 e. The molecule has 0 bridgehead atoms. The maximum Gasteiger partial charge on any atom is 0.335 e. The molecule has 0 radical (unpaired) electrons. The molecule has 4 nitrogen and oxygen atoms in total. The van der Waals surface area contributed by atoms with E-state index in [1.54, 1.807) is 18.2 Å². The Kier molecular flexibility index (Phi) is 2.91. The van der Waals surface area contributed by atoms with Crippen molar-refractivity contribution in [1.82, 2.24) is 10.3 Å². The Morgan fingerprint density at radius 2 is 1.95 bits per heavy atom. The maximum absolute atomic E-state index is 11.1. The number of carboxylic acid groups (broad SMARTS) is 1. The molecule has 108 valence electrons. The molecule has 4 heteroatoms. The van der Waals surface area contributed by atoms with Gasteiger partial charge in [-0.15, -0.1) is 0 Å². The Morgan fingerprint density at radius 3 is 2.82 bits per heavy atom. The number of rotatable bonds is 2. The first kappa shape index (κ1) is 13.0. The molecule has 3 aromatic rings. The highest BCUT2D eigenvalue weighted by molar-refractivity contribution is 5.93. The van der Waals surface area contributed by atoms with E-state index >= 15 is 0 Å². The highest BCUT2D eigenvalue weighted by atomic mass is 16.4. The van der Waals surface area contributed by atoms with Crippen molar-refractivity contribution in [2.24, 2.45) is 0 Å². The quantitative estimate of drug-likeness (QED) is 0.761. The molecule has 1 aliphatic heterocycles. The molecule has 4 rings (SSSR count). The second-order valence-corrected chi connectivity index (χ2v) is 5.46. The fraction of sp³-hybridized carbons (Fsp3) is 0.111. The van der Waals surface area contributed by atoms with Crippen LogP contribution < -0.4 is 5.32 Å². The first-order chi connectivity index (χ1) is 10.7. The van der Waals surface area contributed by atoms with Gasteiger partial charge in [-0.05, 0) is 29.3 Å². The van der Waals surface area contributed by atoms with Crippen molar-refractivity contribution in [2.45, 2.75) is 12.6 Å². The van der Waals surface area contributed by atoms with Crippen LogP contribution in [0, 0.1) is 0 Å². The first-order valence-electron chi connectivity index (χ1n) is 7.17. The molecule has 1 atom stereocenters. The number of hydrogen-bond acceptors (Lipinski definition) is 3. The van der Waals surface area contributed by atoms with Gasteiger partial charge in [0.15, 0.2) is 0 Å². The maximum atomic E-state index is 11.1. The van der Waals surface area contributed by atoms with Crippen LogP contribution in [0.1, 0.15) is 33.2 Å². The van der Waals surface area contributed by atoms with Crippen LogP contribution in [0.5, 0.6) is 0 Å². The zero-order chi connectivity index (χ0) is 15.1. The molecule has 1 aliphatic rings. The lowest BCUT2D eigenvalue weighted by Gasteiger charge is -2.12. The van der Waals surface area contributed by atoms with Crippen LogP contribution in [0.25, 0.3) is 10.9 Å². The van der Waals surface area contributed by atoms with Crippen molar-refractivity contribution in [3.63, 3.8) is 0 Å². The van der Waals surface area contributed by atoms with Crippen LogP contribution in [-0.2, 0) is 6.54 Å². The first-order valence-corrected chi connectivity index (χ1v) is 7.17. The Balaban J connectivity index is 1.81. The number of aromatic nitrogens is 1. The Labute approximate surface area is 127 Å². The number of nitrogens with zero attached hydrogens (tertiary/aromatic N) is 1. The van der Waals surface area contributed by atoms with Crippen molar-refractivity contribution in [3.8, 4) is 0 Å². The van der Waals surface area contributed by atoms with E-state index in [2.05, 4.69) is 22.4 Å². The molecule has 2 aromatic carbocycles. The molecular weight excluding hydrogens is 276 g/mol. The number of aromatic carboxylic acids is 1. The summed E-state index contributed by atoms with van der Waals surface area (Å²) >= 11 is 0. The van der Waals surface area contributed by atoms with Crippen LogP contribution in [0.4, 0.5) is 0 Å². The molecule has 0 saturated heterocycles. The minimum atomic E-state index is -0.932. The second kappa shape index (κ2) is 4.93. The van der Waals surface area contributed by atoms with Gasteiger partial charge >= 0.3 is 5.97 Å². The predicted molar refractivity (Wildman–Crippen MR) is 83.8 cm³/mol. The average Bonchev–Trinajstić information content (AvgIpc) is 2.97. The highest BCUT2D eigenvalue weighted by Crippen LogP contribution is 2.30. The smallest absolute Gasteiger partial charge is 0.335 e. The number of fused-ring (bicyclic) bond motifs is 2. The summed E-state index contributed by atoms with van der Waals surface area (Å²) in [7, 11) is 0. The lowest BCUT2D eigenvalue weighted by molar-refractivity contribution is 0.0697. The Morgan fingerprint density at radius 1 is 1.14 bits per heavy atom. The summed E-state index contributed by atoms with van der Waals surface area (Å²) in [4.78, 5) is 15.8. The van der Waals surface area contributed by atoms with Gasteiger partial charge in [-0.25, -0.2) is 4.79 Å². The lowest BCUT2D eigenvalue weighted by Crippen LogP contribution is -2.14. The van der Waals surface area contributed by atoms with E-state index in [0.29, 0.717) is 5.52 Å². The monoisotopic (exact) mass is 290 g/mol. The Hall–Kier alpha value is -2.72. The molecule has 0 amide bonds. The van der Waals surface area contributed by atoms with Gasteiger partial charge in [0.25, 0.3) is 0 Å². The van der Waals surface area contributed by atoms with Gasteiger partial charge in [0.1, 0.15) is 0 Å². The van der Waals surface area contributed by atoms with E-state index in [4.69, 9.17) is 5.11 Å².